The number of rotatable bonds is 5. The fraction of sp³-hybridized carbons (Fsp3) is 0.857. The van der Waals surface area contributed by atoms with E-state index >= 15 is 0 Å². The van der Waals surface area contributed by atoms with Crippen molar-refractivity contribution in [2.24, 2.45) is 23.2 Å². The molecule has 0 spiro atoms. The SMILES string of the molecule is CNC(C)Cc1noc(C2CCCN2C(=O)C23CC4CC(CC(C4)C2)C3)n1.Cl. The Morgan fingerprint density at radius 2 is 1.89 bits per heavy atom. The molecule has 156 valence electrons. The van der Waals surface area contributed by atoms with Crippen LogP contribution in [0.3, 0.4) is 0 Å². The molecule has 6 nitrogen and oxygen atoms in total. The number of hydrogen-bond acceptors (Lipinski definition) is 5. The van der Waals surface area contributed by atoms with Gasteiger partial charge in [0.15, 0.2) is 5.82 Å². The third kappa shape index (κ3) is 3.36. The van der Waals surface area contributed by atoms with Crippen molar-refractivity contribution in [1.29, 1.82) is 0 Å². The summed E-state index contributed by atoms with van der Waals surface area (Å²) in [7, 11) is 1.94. The first kappa shape index (κ1) is 20.1. The number of amides is 1. The molecule has 1 aromatic rings. The van der Waals surface area contributed by atoms with Crippen molar-refractivity contribution in [2.45, 2.75) is 76.8 Å². The van der Waals surface area contributed by atoms with Gasteiger partial charge in [0.05, 0.1) is 5.41 Å². The van der Waals surface area contributed by atoms with Crippen LogP contribution >= 0.6 is 12.4 Å². The Kier molecular flexibility index (Phi) is 5.47. The smallest absolute Gasteiger partial charge is 0.249 e. The van der Waals surface area contributed by atoms with Crippen molar-refractivity contribution in [3.05, 3.63) is 11.7 Å². The van der Waals surface area contributed by atoms with Crippen LogP contribution in [-0.4, -0.2) is 40.6 Å². The lowest BCUT2D eigenvalue weighted by atomic mass is 9.49. The Labute approximate surface area is 173 Å². The highest BCUT2D eigenvalue weighted by atomic mass is 35.5. The van der Waals surface area contributed by atoms with Crippen LogP contribution in [0.5, 0.6) is 0 Å². The van der Waals surface area contributed by atoms with E-state index in [4.69, 9.17) is 4.52 Å². The van der Waals surface area contributed by atoms with Crippen LogP contribution in [0.15, 0.2) is 4.52 Å². The first-order valence-electron chi connectivity index (χ1n) is 10.9. The molecule has 1 amide bonds. The summed E-state index contributed by atoms with van der Waals surface area (Å²) in [5, 5.41) is 7.38. The Morgan fingerprint density at radius 3 is 2.50 bits per heavy atom. The first-order chi connectivity index (χ1) is 13.1. The van der Waals surface area contributed by atoms with Crippen LogP contribution in [0.1, 0.15) is 76.0 Å². The number of aromatic nitrogens is 2. The molecule has 2 atom stereocenters. The van der Waals surface area contributed by atoms with E-state index in [-0.39, 0.29) is 23.9 Å². The lowest BCUT2D eigenvalue weighted by Gasteiger charge is -2.56. The Balaban J connectivity index is 0.00000192. The van der Waals surface area contributed by atoms with Gasteiger partial charge >= 0.3 is 0 Å². The second-order valence-corrected chi connectivity index (χ2v) is 9.80. The van der Waals surface area contributed by atoms with E-state index < -0.39 is 0 Å². The number of carbonyl (C=O) groups excluding carboxylic acids is 1. The maximum absolute atomic E-state index is 13.7. The van der Waals surface area contributed by atoms with E-state index in [1.807, 2.05) is 7.05 Å². The molecule has 6 rings (SSSR count). The normalized spacial score (nSPS) is 37.1. The minimum Gasteiger partial charge on any atom is -0.337 e. The van der Waals surface area contributed by atoms with Gasteiger partial charge in [0.1, 0.15) is 6.04 Å². The molecule has 2 heterocycles. The van der Waals surface area contributed by atoms with Crippen LogP contribution in [0.25, 0.3) is 0 Å². The van der Waals surface area contributed by atoms with Gasteiger partial charge in [-0.15, -0.1) is 12.4 Å². The van der Waals surface area contributed by atoms with Gasteiger partial charge in [-0.1, -0.05) is 5.16 Å². The Hall–Kier alpha value is -1.14. The molecule has 1 saturated heterocycles. The summed E-state index contributed by atoms with van der Waals surface area (Å²) < 4.78 is 5.61. The van der Waals surface area contributed by atoms with Gasteiger partial charge < -0.3 is 14.7 Å². The molecule has 1 N–H and O–H groups in total. The van der Waals surface area contributed by atoms with E-state index in [1.165, 1.54) is 19.3 Å². The van der Waals surface area contributed by atoms with Crippen LogP contribution in [0, 0.1) is 23.2 Å². The van der Waals surface area contributed by atoms with Gasteiger partial charge in [0.25, 0.3) is 0 Å². The summed E-state index contributed by atoms with van der Waals surface area (Å²) in [6, 6.07) is 0.292. The molecule has 1 aromatic heterocycles. The predicted octanol–water partition coefficient (Wildman–Crippen LogP) is 3.52. The monoisotopic (exact) mass is 408 g/mol. The summed E-state index contributed by atoms with van der Waals surface area (Å²) in [4.78, 5) is 20.5. The van der Waals surface area contributed by atoms with Gasteiger partial charge in [-0.05, 0) is 83.1 Å². The van der Waals surface area contributed by atoms with Gasteiger partial charge in [0.2, 0.25) is 11.8 Å². The van der Waals surface area contributed by atoms with Crippen LogP contribution in [0.2, 0.25) is 0 Å². The standard InChI is InChI=1S/C21H32N4O2.ClH/c1-13(22-2)6-18-23-19(27-24-18)17-4-3-5-25(17)20(26)21-10-14-7-15(11-21)9-16(8-14)12-21;/h13-17,22H,3-12H2,1-2H3;1H. The maximum Gasteiger partial charge on any atom is 0.249 e. The van der Waals surface area contributed by atoms with Crippen molar-refractivity contribution in [1.82, 2.24) is 20.4 Å². The average molecular weight is 409 g/mol. The highest BCUT2D eigenvalue weighted by molar-refractivity contribution is 5.85. The number of likely N-dealkylation sites (tertiary alicyclic amines) is 1. The van der Waals surface area contributed by atoms with Gasteiger partial charge in [-0.25, -0.2) is 0 Å². The predicted molar refractivity (Wildman–Crippen MR) is 108 cm³/mol. The fourth-order valence-electron chi connectivity index (χ4n) is 6.81. The molecular weight excluding hydrogens is 376 g/mol. The van der Waals surface area contributed by atoms with E-state index in [9.17, 15) is 4.79 Å². The summed E-state index contributed by atoms with van der Waals surface area (Å²) in [6.07, 6.45) is 10.2. The lowest BCUT2D eigenvalue weighted by molar-refractivity contribution is -0.159. The van der Waals surface area contributed by atoms with E-state index in [2.05, 4.69) is 27.3 Å². The third-order valence-electron chi connectivity index (χ3n) is 7.76. The fourth-order valence-corrected chi connectivity index (χ4v) is 6.81. The van der Waals surface area contributed by atoms with Gasteiger partial charge in [-0.2, -0.15) is 4.98 Å². The van der Waals surface area contributed by atoms with Crippen molar-refractivity contribution in [3.8, 4) is 0 Å². The zero-order chi connectivity index (χ0) is 18.6. The van der Waals surface area contributed by atoms with E-state index in [0.29, 0.717) is 17.8 Å². The minimum absolute atomic E-state index is 0. The molecule has 0 radical (unpaired) electrons. The quantitative estimate of drug-likeness (QED) is 0.806. The summed E-state index contributed by atoms with van der Waals surface area (Å²) in [6.45, 7) is 2.95. The van der Waals surface area contributed by atoms with Crippen LogP contribution in [0.4, 0.5) is 0 Å². The molecule has 7 heteroatoms. The second-order valence-electron chi connectivity index (χ2n) is 9.80. The van der Waals surface area contributed by atoms with Crippen molar-refractivity contribution in [2.75, 3.05) is 13.6 Å². The molecule has 28 heavy (non-hydrogen) atoms. The molecule has 4 saturated carbocycles. The minimum atomic E-state index is -0.0825. The van der Waals surface area contributed by atoms with Crippen LogP contribution in [-0.2, 0) is 11.2 Å². The van der Waals surface area contributed by atoms with E-state index in [0.717, 1.165) is 68.6 Å². The summed E-state index contributed by atoms with van der Waals surface area (Å²) >= 11 is 0. The number of carbonyl (C=O) groups is 1. The molecular formula is C21H33ClN4O2. The van der Waals surface area contributed by atoms with Gasteiger partial charge in [0, 0.05) is 19.0 Å². The Morgan fingerprint density at radius 1 is 1.25 bits per heavy atom. The molecule has 5 fully saturated rings. The van der Waals surface area contributed by atoms with E-state index in [1.54, 1.807) is 0 Å². The van der Waals surface area contributed by atoms with Gasteiger partial charge in [-0.3, -0.25) is 4.79 Å². The zero-order valence-corrected chi connectivity index (χ0v) is 17.8. The van der Waals surface area contributed by atoms with Crippen molar-refractivity contribution >= 4 is 18.3 Å². The zero-order valence-electron chi connectivity index (χ0n) is 17.0. The summed E-state index contributed by atoms with van der Waals surface area (Å²) in [5.74, 6) is 4.15. The largest absolute Gasteiger partial charge is 0.337 e. The molecule has 0 aromatic carbocycles. The number of likely N-dealkylation sites (N-methyl/N-ethyl adjacent to an activating group) is 1. The third-order valence-corrected chi connectivity index (χ3v) is 7.76. The van der Waals surface area contributed by atoms with Crippen LogP contribution < -0.4 is 5.32 Å². The summed E-state index contributed by atoms with van der Waals surface area (Å²) in [5.41, 5.74) is -0.0825. The lowest BCUT2D eigenvalue weighted by Crippen LogP contribution is -2.54. The van der Waals surface area contributed by atoms with Crippen molar-refractivity contribution in [3.63, 3.8) is 0 Å². The maximum atomic E-state index is 13.7. The molecule has 2 unspecified atom stereocenters. The number of nitrogens with zero attached hydrogens (tertiary/aromatic N) is 3. The number of hydrogen-bond donors (Lipinski definition) is 1. The number of halogens is 1. The molecule has 1 aliphatic heterocycles. The number of nitrogens with one attached hydrogen (secondary N) is 1. The highest BCUT2D eigenvalue weighted by Crippen LogP contribution is 2.61. The molecule has 5 aliphatic rings. The topological polar surface area (TPSA) is 71.3 Å². The Bertz CT molecular complexity index is 686. The molecule has 4 aliphatic carbocycles. The van der Waals surface area contributed by atoms with Crippen molar-refractivity contribution < 1.29 is 9.32 Å². The second kappa shape index (κ2) is 7.60. The molecule has 4 bridgehead atoms. The highest BCUT2D eigenvalue weighted by Gasteiger charge is 2.56. The first-order valence-corrected chi connectivity index (χ1v) is 10.9. The average Bonchev–Trinajstić information content (AvgIpc) is 3.28.